The average molecular weight is 407 g/mol. The molecule has 0 radical (unpaired) electrons. The van der Waals surface area contributed by atoms with E-state index in [1.165, 1.54) is 6.33 Å². The summed E-state index contributed by atoms with van der Waals surface area (Å²) in [6.07, 6.45) is 3.04. The Morgan fingerprint density at radius 3 is 2.50 bits per heavy atom. The number of rotatable bonds is 6. The molecule has 0 saturated heterocycles. The number of ether oxygens (including phenoxy) is 1. The highest BCUT2D eigenvalue weighted by Gasteiger charge is 2.13. The number of carbonyl (C=O) groups is 3. The van der Waals surface area contributed by atoms with Gasteiger partial charge >= 0.3 is 12.0 Å². The third-order valence-corrected chi connectivity index (χ3v) is 4.22. The van der Waals surface area contributed by atoms with Crippen molar-refractivity contribution in [1.29, 1.82) is 0 Å². The molecule has 3 aromatic rings. The predicted octanol–water partition coefficient (Wildman–Crippen LogP) is 2.45. The van der Waals surface area contributed by atoms with Crippen LogP contribution in [0.3, 0.4) is 0 Å². The summed E-state index contributed by atoms with van der Waals surface area (Å²) in [6, 6.07) is 11.5. The monoisotopic (exact) mass is 407 g/mol. The van der Waals surface area contributed by atoms with Crippen LogP contribution in [0.15, 0.2) is 55.1 Å². The second-order valence-corrected chi connectivity index (χ2v) is 6.69. The van der Waals surface area contributed by atoms with E-state index in [0.29, 0.717) is 17.8 Å². The van der Waals surface area contributed by atoms with E-state index in [2.05, 4.69) is 20.7 Å². The molecule has 2 N–H and O–H groups in total. The molecule has 3 amide bonds. The highest BCUT2D eigenvalue weighted by molar-refractivity contribution is 6.02. The fraction of sp³-hybridized carbons (Fsp3) is 0.190. The largest absolute Gasteiger partial charge is 0.452 e. The molecular weight excluding hydrogens is 386 g/mol. The molecular formula is C21H21N5O4. The quantitative estimate of drug-likeness (QED) is 0.607. The number of benzene rings is 2. The van der Waals surface area contributed by atoms with Crippen LogP contribution >= 0.6 is 0 Å². The number of carbonyl (C=O) groups excluding carboxylic acids is 3. The summed E-state index contributed by atoms with van der Waals surface area (Å²) in [5.74, 6) is -1.39. The van der Waals surface area contributed by atoms with Gasteiger partial charge in [0.1, 0.15) is 12.7 Å². The van der Waals surface area contributed by atoms with E-state index >= 15 is 0 Å². The van der Waals surface area contributed by atoms with Gasteiger partial charge in [0, 0.05) is 5.69 Å². The van der Waals surface area contributed by atoms with Crippen LogP contribution in [0.5, 0.6) is 0 Å². The summed E-state index contributed by atoms with van der Waals surface area (Å²) in [7, 11) is 0. The molecule has 0 unspecified atom stereocenters. The Kier molecular flexibility index (Phi) is 6.53. The topological polar surface area (TPSA) is 115 Å². The maximum absolute atomic E-state index is 12.1. The Hall–Kier alpha value is -4.01. The molecule has 3 rings (SSSR count). The number of nitrogens with zero attached hydrogens (tertiary/aromatic N) is 3. The number of imide groups is 1. The lowest BCUT2D eigenvalue weighted by Crippen LogP contribution is -2.37. The first-order chi connectivity index (χ1) is 14.4. The molecule has 0 aliphatic rings. The van der Waals surface area contributed by atoms with Crippen molar-refractivity contribution in [2.24, 2.45) is 0 Å². The van der Waals surface area contributed by atoms with Gasteiger partial charge in [-0.05, 0) is 43.2 Å². The summed E-state index contributed by atoms with van der Waals surface area (Å²) in [5.41, 5.74) is 3.75. The van der Waals surface area contributed by atoms with Crippen LogP contribution in [0.4, 0.5) is 10.5 Å². The molecule has 0 fully saturated rings. The molecule has 1 heterocycles. The zero-order valence-corrected chi connectivity index (χ0v) is 16.6. The summed E-state index contributed by atoms with van der Waals surface area (Å²) >= 11 is 0. The molecule has 0 bridgehead atoms. The highest BCUT2D eigenvalue weighted by Crippen LogP contribution is 2.15. The van der Waals surface area contributed by atoms with E-state index < -0.39 is 24.5 Å². The number of aryl methyl sites for hydroxylation is 2. The lowest BCUT2D eigenvalue weighted by atomic mass is 10.1. The Labute approximate surface area is 173 Å². The number of hydrogen-bond donors (Lipinski definition) is 2. The van der Waals surface area contributed by atoms with Crippen molar-refractivity contribution in [1.82, 2.24) is 20.1 Å². The molecule has 154 valence electrons. The van der Waals surface area contributed by atoms with Crippen molar-refractivity contribution in [3.63, 3.8) is 0 Å². The minimum absolute atomic E-state index is 0.296. The average Bonchev–Trinajstić information content (AvgIpc) is 3.22. The Balaban J connectivity index is 1.45. The predicted molar refractivity (Wildman–Crippen MR) is 109 cm³/mol. The molecule has 30 heavy (non-hydrogen) atoms. The van der Waals surface area contributed by atoms with Crippen molar-refractivity contribution in [3.8, 4) is 0 Å². The number of aromatic nitrogens is 3. The van der Waals surface area contributed by atoms with Gasteiger partial charge in [-0.15, -0.1) is 0 Å². The van der Waals surface area contributed by atoms with Gasteiger partial charge < -0.3 is 10.1 Å². The SMILES string of the molecule is Cc1ccc(NC(=O)NC(=O)COC(=O)c2ccc(Cn3cncn3)cc2)c(C)c1. The van der Waals surface area contributed by atoms with E-state index in [0.717, 1.165) is 16.7 Å². The molecule has 1 aromatic heterocycles. The van der Waals surface area contributed by atoms with Crippen LogP contribution in [0.2, 0.25) is 0 Å². The van der Waals surface area contributed by atoms with E-state index in [-0.39, 0.29) is 0 Å². The summed E-state index contributed by atoms with van der Waals surface area (Å²) in [6.45, 7) is 3.75. The highest BCUT2D eigenvalue weighted by atomic mass is 16.5. The summed E-state index contributed by atoms with van der Waals surface area (Å²) in [4.78, 5) is 39.8. The molecule has 0 saturated carbocycles. The van der Waals surface area contributed by atoms with Crippen molar-refractivity contribution < 1.29 is 19.1 Å². The molecule has 0 atom stereocenters. The number of esters is 1. The molecule has 2 aromatic carbocycles. The van der Waals surface area contributed by atoms with Crippen LogP contribution in [0, 0.1) is 13.8 Å². The molecule has 0 aliphatic heterocycles. The fourth-order valence-electron chi connectivity index (χ4n) is 2.73. The lowest BCUT2D eigenvalue weighted by molar-refractivity contribution is -0.123. The van der Waals surface area contributed by atoms with Gasteiger partial charge in [0.25, 0.3) is 5.91 Å². The zero-order valence-electron chi connectivity index (χ0n) is 16.6. The fourth-order valence-corrected chi connectivity index (χ4v) is 2.73. The normalized spacial score (nSPS) is 10.3. The number of hydrogen-bond acceptors (Lipinski definition) is 6. The number of urea groups is 1. The van der Waals surface area contributed by atoms with E-state index in [4.69, 9.17) is 4.74 Å². The maximum atomic E-state index is 12.1. The first-order valence-corrected chi connectivity index (χ1v) is 9.17. The maximum Gasteiger partial charge on any atom is 0.338 e. The summed E-state index contributed by atoms with van der Waals surface area (Å²) in [5, 5.41) is 8.73. The van der Waals surface area contributed by atoms with Crippen molar-refractivity contribution in [3.05, 3.63) is 77.4 Å². The Morgan fingerprint density at radius 1 is 1.07 bits per heavy atom. The van der Waals surface area contributed by atoms with Gasteiger partial charge in [-0.3, -0.25) is 10.1 Å². The van der Waals surface area contributed by atoms with Crippen LogP contribution in [-0.4, -0.2) is 39.3 Å². The third-order valence-electron chi connectivity index (χ3n) is 4.22. The van der Waals surface area contributed by atoms with Gasteiger partial charge in [-0.25, -0.2) is 19.3 Å². The minimum atomic E-state index is -0.728. The molecule has 0 aliphatic carbocycles. The van der Waals surface area contributed by atoms with Crippen molar-refractivity contribution in [2.45, 2.75) is 20.4 Å². The number of nitrogens with one attached hydrogen (secondary N) is 2. The first kappa shape index (κ1) is 20.7. The van der Waals surface area contributed by atoms with Gasteiger partial charge in [0.05, 0.1) is 12.1 Å². The van der Waals surface area contributed by atoms with E-state index in [1.807, 2.05) is 26.0 Å². The van der Waals surface area contributed by atoms with Gasteiger partial charge in [-0.1, -0.05) is 29.8 Å². The minimum Gasteiger partial charge on any atom is -0.452 e. The second-order valence-electron chi connectivity index (χ2n) is 6.69. The Bertz CT molecular complexity index is 1050. The van der Waals surface area contributed by atoms with Crippen LogP contribution in [0.1, 0.15) is 27.0 Å². The molecule has 9 nitrogen and oxygen atoms in total. The summed E-state index contributed by atoms with van der Waals surface area (Å²) < 4.78 is 6.62. The van der Waals surface area contributed by atoms with E-state index in [1.54, 1.807) is 41.3 Å². The first-order valence-electron chi connectivity index (χ1n) is 9.17. The second kappa shape index (κ2) is 9.46. The van der Waals surface area contributed by atoms with E-state index in [9.17, 15) is 14.4 Å². The number of anilines is 1. The van der Waals surface area contributed by atoms with Crippen LogP contribution < -0.4 is 10.6 Å². The Morgan fingerprint density at radius 2 is 1.83 bits per heavy atom. The van der Waals surface area contributed by atoms with Crippen molar-refractivity contribution >= 4 is 23.6 Å². The van der Waals surface area contributed by atoms with Crippen molar-refractivity contribution in [2.75, 3.05) is 11.9 Å². The molecule has 9 heteroatoms. The van der Waals surface area contributed by atoms with Gasteiger partial charge in [0.15, 0.2) is 6.61 Å². The van der Waals surface area contributed by atoms with Crippen LogP contribution in [0.25, 0.3) is 0 Å². The zero-order chi connectivity index (χ0) is 21.5. The van der Waals surface area contributed by atoms with Gasteiger partial charge in [-0.2, -0.15) is 5.10 Å². The third kappa shape index (κ3) is 5.74. The van der Waals surface area contributed by atoms with Crippen LogP contribution in [-0.2, 0) is 16.1 Å². The standard InChI is InChI=1S/C21H21N5O4/c1-14-3-8-18(15(2)9-14)24-21(29)25-19(27)11-30-20(28)17-6-4-16(5-7-17)10-26-13-22-12-23-26/h3-9,12-13H,10-11H2,1-2H3,(H2,24,25,27,29). The number of amides is 3. The molecule has 0 spiro atoms. The van der Waals surface area contributed by atoms with Gasteiger partial charge in [0.2, 0.25) is 0 Å². The lowest BCUT2D eigenvalue weighted by Gasteiger charge is -2.10. The smallest absolute Gasteiger partial charge is 0.338 e.